The largest absolute Gasteiger partial charge is 0.358 e. The summed E-state index contributed by atoms with van der Waals surface area (Å²) >= 11 is 5.30. The summed E-state index contributed by atoms with van der Waals surface area (Å²) in [5.74, 6) is 1.13. The number of hydrazine groups is 1. The van der Waals surface area contributed by atoms with E-state index < -0.39 is 10.0 Å². The molecule has 166 valence electrons. The molecule has 2 aliphatic carbocycles. The minimum atomic E-state index is -3.56. The summed E-state index contributed by atoms with van der Waals surface area (Å²) in [6.45, 7) is 4.87. The van der Waals surface area contributed by atoms with Gasteiger partial charge in [-0.25, -0.2) is 8.42 Å². The summed E-state index contributed by atoms with van der Waals surface area (Å²) in [7, 11) is -3.56. The molecule has 0 aliphatic heterocycles. The summed E-state index contributed by atoms with van der Waals surface area (Å²) in [5.41, 5.74) is 5.71. The van der Waals surface area contributed by atoms with Crippen LogP contribution in [0.2, 0.25) is 0 Å². The lowest BCUT2D eigenvalue weighted by Gasteiger charge is -2.24. The number of nitrogens with one attached hydrogen (secondary N) is 3. The Labute approximate surface area is 185 Å². The molecule has 9 heteroatoms. The number of amides is 1. The molecule has 0 aromatic heterocycles. The van der Waals surface area contributed by atoms with Crippen LogP contribution in [0.15, 0.2) is 29.2 Å². The third-order valence-corrected chi connectivity index (χ3v) is 8.18. The first-order chi connectivity index (χ1) is 14.3. The molecule has 7 nitrogen and oxygen atoms in total. The SMILES string of the molecule is CCCN(CCC)S(=O)(=O)c1ccc(C(=O)NNC(=S)N[C@@H]2C[C@H]3CC[C@H]2C3)cc1. The molecule has 0 unspecified atom stereocenters. The number of carbonyl (C=O) groups excluding carboxylic acids is 1. The Kier molecular flexibility index (Phi) is 7.70. The highest BCUT2D eigenvalue weighted by Gasteiger charge is 2.39. The third kappa shape index (κ3) is 5.31. The Bertz CT molecular complexity index is 852. The van der Waals surface area contributed by atoms with Crippen molar-refractivity contribution in [2.24, 2.45) is 11.8 Å². The molecule has 2 bridgehead atoms. The Balaban J connectivity index is 1.53. The average Bonchev–Trinajstić information content (AvgIpc) is 3.35. The summed E-state index contributed by atoms with van der Waals surface area (Å²) in [6, 6.07) is 6.39. The number of rotatable bonds is 8. The van der Waals surface area contributed by atoms with Crippen molar-refractivity contribution in [3.63, 3.8) is 0 Å². The monoisotopic (exact) mass is 452 g/mol. The molecule has 3 atom stereocenters. The van der Waals surface area contributed by atoms with E-state index >= 15 is 0 Å². The summed E-state index contributed by atoms with van der Waals surface area (Å²) < 4.78 is 27.1. The Morgan fingerprint density at radius 3 is 2.27 bits per heavy atom. The van der Waals surface area contributed by atoms with E-state index in [-0.39, 0.29) is 10.8 Å². The molecule has 2 saturated carbocycles. The van der Waals surface area contributed by atoms with Gasteiger partial charge in [-0.05, 0) is 80.4 Å². The van der Waals surface area contributed by atoms with Crippen molar-refractivity contribution >= 4 is 33.3 Å². The predicted octanol–water partition coefficient (Wildman–Crippen LogP) is 2.79. The average molecular weight is 453 g/mol. The first-order valence-corrected chi connectivity index (χ1v) is 12.7. The minimum Gasteiger partial charge on any atom is -0.358 e. The fourth-order valence-electron chi connectivity index (χ4n) is 4.59. The summed E-state index contributed by atoms with van der Waals surface area (Å²) in [5, 5.41) is 3.72. The first kappa shape index (κ1) is 23.0. The van der Waals surface area contributed by atoms with Crippen LogP contribution in [-0.4, -0.2) is 42.9 Å². The molecule has 1 amide bonds. The van der Waals surface area contributed by atoms with E-state index in [2.05, 4.69) is 16.2 Å². The number of benzene rings is 1. The maximum atomic E-state index is 12.8. The highest BCUT2D eigenvalue weighted by Crippen LogP contribution is 2.44. The van der Waals surface area contributed by atoms with Gasteiger partial charge in [-0.2, -0.15) is 4.31 Å². The quantitative estimate of drug-likeness (QED) is 0.415. The van der Waals surface area contributed by atoms with Gasteiger partial charge in [0.25, 0.3) is 5.91 Å². The molecular weight excluding hydrogens is 420 g/mol. The minimum absolute atomic E-state index is 0.197. The van der Waals surface area contributed by atoms with Crippen molar-refractivity contribution in [1.82, 2.24) is 20.5 Å². The Hall–Kier alpha value is -1.71. The second-order valence-corrected chi connectivity index (χ2v) is 10.6. The Morgan fingerprint density at radius 2 is 1.73 bits per heavy atom. The van der Waals surface area contributed by atoms with Gasteiger partial charge < -0.3 is 5.32 Å². The molecule has 0 spiro atoms. The smallest absolute Gasteiger partial charge is 0.269 e. The lowest BCUT2D eigenvalue weighted by atomic mass is 9.96. The van der Waals surface area contributed by atoms with E-state index in [0.29, 0.717) is 35.7 Å². The molecule has 1 aromatic carbocycles. The zero-order valence-corrected chi connectivity index (χ0v) is 19.3. The number of carbonyl (C=O) groups is 1. The van der Waals surface area contributed by atoms with Crippen LogP contribution in [0.1, 0.15) is 62.7 Å². The number of hydrogen-bond acceptors (Lipinski definition) is 4. The van der Waals surface area contributed by atoms with E-state index in [9.17, 15) is 13.2 Å². The van der Waals surface area contributed by atoms with Crippen molar-refractivity contribution in [3.8, 4) is 0 Å². The van der Waals surface area contributed by atoms with Gasteiger partial charge in [0.15, 0.2) is 5.11 Å². The van der Waals surface area contributed by atoms with Crippen LogP contribution >= 0.6 is 12.2 Å². The van der Waals surface area contributed by atoms with Crippen LogP contribution in [0.5, 0.6) is 0 Å². The zero-order chi connectivity index (χ0) is 21.7. The molecule has 3 rings (SSSR count). The lowest BCUT2D eigenvalue weighted by Crippen LogP contribution is -2.50. The van der Waals surface area contributed by atoms with E-state index in [4.69, 9.17) is 12.2 Å². The normalized spacial score (nSPS) is 22.8. The van der Waals surface area contributed by atoms with Crippen molar-refractivity contribution in [2.45, 2.75) is 63.3 Å². The maximum absolute atomic E-state index is 12.8. The molecule has 1 aromatic rings. The van der Waals surface area contributed by atoms with Gasteiger partial charge >= 0.3 is 0 Å². The van der Waals surface area contributed by atoms with Crippen LogP contribution in [0.4, 0.5) is 0 Å². The van der Waals surface area contributed by atoms with Gasteiger partial charge in [0.05, 0.1) is 4.90 Å². The molecule has 30 heavy (non-hydrogen) atoms. The van der Waals surface area contributed by atoms with Gasteiger partial charge in [0.2, 0.25) is 10.0 Å². The van der Waals surface area contributed by atoms with Crippen molar-refractivity contribution in [1.29, 1.82) is 0 Å². The van der Waals surface area contributed by atoms with Crippen LogP contribution in [0.25, 0.3) is 0 Å². The van der Waals surface area contributed by atoms with Crippen molar-refractivity contribution < 1.29 is 13.2 Å². The first-order valence-electron chi connectivity index (χ1n) is 10.8. The third-order valence-electron chi connectivity index (χ3n) is 6.04. The standard InChI is InChI=1S/C21H32N4O3S2/c1-3-11-25(12-4-2)30(27,28)18-9-7-16(8-10-18)20(26)23-24-21(29)22-19-14-15-5-6-17(19)13-15/h7-10,15,17,19H,3-6,11-14H2,1-2H3,(H,23,26)(H2,22,24,29)/t15-,17-,19+/m0/s1. The Morgan fingerprint density at radius 1 is 1.07 bits per heavy atom. The number of nitrogens with zero attached hydrogens (tertiary/aromatic N) is 1. The highest BCUT2D eigenvalue weighted by atomic mass is 32.2. The van der Waals surface area contributed by atoms with Crippen LogP contribution in [-0.2, 0) is 10.0 Å². The zero-order valence-electron chi connectivity index (χ0n) is 17.7. The van der Waals surface area contributed by atoms with Gasteiger partial charge in [-0.15, -0.1) is 0 Å². The van der Waals surface area contributed by atoms with Crippen LogP contribution < -0.4 is 16.2 Å². The second-order valence-electron chi connectivity index (χ2n) is 8.26. The van der Waals surface area contributed by atoms with E-state index in [1.807, 2.05) is 13.8 Å². The van der Waals surface area contributed by atoms with E-state index in [1.165, 1.54) is 47.8 Å². The van der Waals surface area contributed by atoms with Gasteiger partial charge in [0, 0.05) is 24.7 Å². The topological polar surface area (TPSA) is 90.5 Å². The molecule has 0 radical (unpaired) electrons. The molecule has 0 heterocycles. The highest BCUT2D eigenvalue weighted by molar-refractivity contribution is 7.89. The fraction of sp³-hybridized carbons (Fsp3) is 0.619. The fourth-order valence-corrected chi connectivity index (χ4v) is 6.42. The van der Waals surface area contributed by atoms with Gasteiger partial charge in [0.1, 0.15) is 0 Å². The predicted molar refractivity (Wildman–Crippen MR) is 121 cm³/mol. The molecule has 2 fully saturated rings. The van der Waals surface area contributed by atoms with Crippen molar-refractivity contribution in [2.75, 3.05) is 13.1 Å². The van der Waals surface area contributed by atoms with E-state index in [1.54, 1.807) is 0 Å². The molecular formula is C21H32N4O3S2. The maximum Gasteiger partial charge on any atom is 0.269 e. The summed E-state index contributed by atoms with van der Waals surface area (Å²) in [6.07, 6.45) is 6.49. The number of fused-ring (bicyclic) bond motifs is 2. The number of thiocarbonyl (C=S) groups is 1. The van der Waals surface area contributed by atoms with Crippen LogP contribution in [0.3, 0.4) is 0 Å². The number of hydrogen-bond donors (Lipinski definition) is 3. The number of sulfonamides is 1. The van der Waals surface area contributed by atoms with Gasteiger partial charge in [-0.3, -0.25) is 15.6 Å². The molecule has 0 saturated heterocycles. The summed E-state index contributed by atoms with van der Waals surface area (Å²) in [4.78, 5) is 12.6. The van der Waals surface area contributed by atoms with Crippen LogP contribution in [0, 0.1) is 11.8 Å². The van der Waals surface area contributed by atoms with E-state index in [0.717, 1.165) is 25.2 Å². The second kappa shape index (κ2) is 10.1. The molecule has 3 N–H and O–H groups in total. The molecule has 2 aliphatic rings. The lowest BCUT2D eigenvalue weighted by molar-refractivity contribution is 0.0943. The van der Waals surface area contributed by atoms with Crippen molar-refractivity contribution in [3.05, 3.63) is 29.8 Å². The van der Waals surface area contributed by atoms with Gasteiger partial charge in [-0.1, -0.05) is 20.3 Å².